The monoisotopic (exact) mass is 455 g/mol. The summed E-state index contributed by atoms with van der Waals surface area (Å²) in [5.41, 5.74) is -0.116. The van der Waals surface area contributed by atoms with Gasteiger partial charge in [0, 0.05) is 13.1 Å². The Bertz CT molecular complexity index is 533. The molecule has 4 bridgehead atoms. The molecule has 5 aliphatic rings. The van der Waals surface area contributed by atoms with Gasteiger partial charge in [-0.3, -0.25) is 4.79 Å². The molecular formula is C24H41NO7. The van der Waals surface area contributed by atoms with Gasteiger partial charge < -0.3 is 33.3 Å². The second-order valence-electron chi connectivity index (χ2n) is 9.72. The van der Waals surface area contributed by atoms with Crippen molar-refractivity contribution in [3.63, 3.8) is 0 Å². The van der Waals surface area contributed by atoms with Crippen molar-refractivity contribution < 1.29 is 33.2 Å². The molecule has 4 saturated carbocycles. The molecule has 32 heavy (non-hydrogen) atoms. The third kappa shape index (κ3) is 6.64. The van der Waals surface area contributed by atoms with E-state index in [4.69, 9.17) is 28.4 Å². The van der Waals surface area contributed by atoms with Gasteiger partial charge in [0.25, 0.3) is 0 Å². The molecule has 0 radical (unpaired) electrons. The van der Waals surface area contributed by atoms with Crippen molar-refractivity contribution in [1.29, 1.82) is 0 Å². The van der Waals surface area contributed by atoms with Crippen molar-refractivity contribution in [2.24, 2.45) is 23.2 Å². The van der Waals surface area contributed by atoms with Crippen molar-refractivity contribution in [3.05, 3.63) is 0 Å². The third-order valence-corrected chi connectivity index (χ3v) is 7.54. The van der Waals surface area contributed by atoms with Gasteiger partial charge in [0.2, 0.25) is 5.91 Å². The number of carbonyl (C=O) groups is 1. The molecule has 8 heteroatoms. The molecule has 8 nitrogen and oxygen atoms in total. The van der Waals surface area contributed by atoms with E-state index in [9.17, 15) is 4.79 Å². The van der Waals surface area contributed by atoms with Crippen LogP contribution in [0.15, 0.2) is 0 Å². The van der Waals surface area contributed by atoms with E-state index in [-0.39, 0.29) is 5.41 Å². The first-order valence-corrected chi connectivity index (χ1v) is 12.5. The molecule has 0 N–H and O–H groups in total. The topological polar surface area (TPSA) is 75.7 Å². The normalized spacial score (nSPS) is 36.6. The standard InChI is InChI=1S/C24H41NO7/c26-23(24-17-20-15-21(18-24)22(16-20)19-24)25-1-3-27-5-7-29-9-11-31-13-14-32-12-10-30-8-6-28-4-2-25/h20-22H,1-19H2. The van der Waals surface area contributed by atoms with Crippen LogP contribution >= 0.6 is 0 Å². The molecule has 0 aromatic carbocycles. The lowest BCUT2D eigenvalue weighted by molar-refractivity contribution is -0.147. The molecule has 0 aromatic heterocycles. The van der Waals surface area contributed by atoms with Crippen LogP contribution in [0.5, 0.6) is 0 Å². The van der Waals surface area contributed by atoms with Gasteiger partial charge in [-0.15, -0.1) is 0 Å². The molecular weight excluding hydrogens is 414 g/mol. The number of ether oxygens (including phenoxy) is 6. The van der Waals surface area contributed by atoms with Crippen LogP contribution < -0.4 is 0 Å². The minimum Gasteiger partial charge on any atom is -0.377 e. The van der Waals surface area contributed by atoms with E-state index in [2.05, 4.69) is 0 Å². The summed E-state index contributed by atoms with van der Waals surface area (Å²) < 4.78 is 33.6. The zero-order chi connectivity index (χ0) is 22.1. The number of nitrogens with zero attached hydrogens (tertiary/aromatic N) is 1. The van der Waals surface area contributed by atoms with Gasteiger partial charge in [-0.2, -0.15) is 0 Å². The van der Waals surface area contributed by atoms with Crippen LogP contribution in [0.25, 0.3) is 0 Å². The molecule has 4 aliphatic carbocycles. The quantitative estimate of drug-likeness (QED) is 0.596. The Labute approximate surface area is 192 Å². The Morgan fingerprint density at radius 1 is 0.562 bits per heavy atom. The summed E-state index contributed by atoms with van der Waals surface area (Å²) in [6.45, 7) is 7.67. The minimum absolute atomic E-state index is 0.116. The molecule has 2 atom stereocenters. The highest BCUT2D eigenvalue weighted by molar-refractivity contribution is 5.83. The number of hydrogen-bond acceptors (Lipinski definition) is 7. The highest BCUT2D eigenvalue weighted by Crippen LogP contribution is 2.64. The predicted molar refractivity (Wildman–Crippen MR) is 117 cm³/mol. The third-order valence-electron chi connectivity index (χ3n) is 7.54. The van der Waals surface area contributed by atoms with Gasteiger partial charge in [-0.05, 0) is 49.9 Å². The molecule has 1 saturated heterocycles. The summed E-state index contributed by atoms with van der Waals surface area (Å²) in [6.07, 6.45) is 5.97. The fourth-order valence-corrected chi connectivity index (χ4v) is 6.27. The van der Waals surface area contributed by atoms with Crippen molar-refractivity contribution >= 4 is 5.91 Å². The van der Waals surface area contributed by atoms with Crippen molar-refractivity contribution in [2.45, 2.75) is 32.1 Å². The van der Waals surface area contributed by atoms with Gasteiger partial charge in [0.15, 0.2) is 0 Å². The lowest BCUT2D eigenvalue weighted by Crippen LogP contribution is -2.48. The van der Waals surface area contributed by atoms with E-state index < -0.39 is 0 Å². The summed E-state index contributed by atoms with van der Waals surface area (Å²) in [6, 6.07) is 0. The predicted octanol–water partition coefficient (Wildman–Crippen LogP) is 1.75. The Morgan fingerprint density at radius 3 is 1.31 bits per heavy atom. The lowest BCUT2D eigenvalue weighted by atomic mass is 9.68. The first-order chi connectivity index (χ1) is 15.8. The summed E-state index contributed by atoms with van der Waals surface area (Å²) >= 11 is 0. The molecule has 1 amide bonds. The highest BCUT2D eigenvalue weighted by Gasteiger charge is 2.59. The van der Waals surface area contributed by atoms with Crippen molar-refractivity contribution in [3.8, 4) is 0 Å². The first-order valence-electron chi connectivity index (χ1n) is 12.5. The Balaban J connectivity index is 1.25. The van der Waals surface area contributed by atoms with Gasteiger partial charge in [0.1, 0.15) is 0 Å². The largest absolute Gasteiger partial charge is 0.377 e. The second-order valence-corrected chi connectivity index (χ2v) is 9.72. The zero-order valence-corrected chi connectivity index (χ0v) is 19.5. The van der Waals surface area contributed by atoms with E-state index in [0.29, 0.717) is 98.3 Å². The Morgan fingerprint density at radius 2 is 0.938 bits per heavy atom. The van der Waals surface area contributed by atoms with Crippen molar-refractivity contribution in [1.82, 2.24) is 4.90 Å². The van der Waals surface area contributed by atoms with Crippen LogP contribution in [0, 0.1) is 23.2 Å². The molecule has 184 valence electrons. The summed E-state index contributed by atoms with van der Waals surface area (Å²) in [4.78, 5) is 15.7. The van der Waals surface area contributed by atoms with E-state index >= 15 is 0 Å². The van der Waals surface area contributed by atoms with E-state index in [1.165, 1.54) is 12.8 Å². The molecule has 0 aromatic rings. The number of amides is 1. The maximum atomic E-state index is 13.7. The average molecular weight is 456 g/mol. The van der Waals surface area contributed by atoms with Crippen LogP contribution in [0.4, 0.5) is 0 Å². The highest BCUT2D eigenvalue weighted by atomic mass is 16.6. The SMILES string of the molecule is O=C(N1CCOCCOCCOCCOCCOCCOCC1)C12CC3CC(C1)C(C3)C2. The number of hydrogen-bond donors (Lipinski definition) is 0. The van der Waals surface area contributed by atoms with E-state index in [1.54, 1.807) is 0 Å². The van der Waals surface area contributed by atoms with Gasteiger partial charge in [-0.25, -0.2) is 0 Å². The minimum atomic E-state index is -0.116. The summed E-state index contributed by atoms with van der Waals surface area (Å²) in [5.74, 6) is 2.67. The summed E-state index contributed by atoms with van der Waals surface area (Å²) in [7, 11) is 0. The van der Waals surface area contributed by atoms with Crippen molar-refractivity contribution in [2.75, 3.05) is 92.4 Å². The van der Waals surface area contributed by atoms with Crippen LogP contribution in [-0.4, -0.2) is 103 Å². The van der Waals surface area contributed by atoms with Gasteiger partial charge in [0.05, 0.1) is 84.7 Å². The Hall–Kier alpha value is -0.770. The summed E-state index contributed by atoms with van der Waals surface area (Å²) in [5, 5.41) is 0. The molecule has 0 spiro atoms. The average Bonchev–Trinajstić information content (AvgIpc) is 3.21. The fourth-order valence-electron chi connectivity index (χ4n) is 6.27. The lowest BCUT2D eigenvalue weighted by Gasteiger charge is -2.40. The van der Waals surface area contributed by atoms with E-state index in [0.717, 1.165) is 37.0 Å². The van der Waals surface area contributed by atoms with Crippen LogP contribution in [-0.2, 0) is 33.2 Å². The van der Waals surface area contributed by atoms with E-state index in [1.807, 2.05) is 4.90 Å². The molecule has 1 heterocycles. The van der Waals surface area contributed by atoms with Crippen LogP contribution in [0.2, 0.25) is 0 Å². The number of carbonyl (C=O) groups excluding carboxylic acids is 1. The zero-order valence-electron chi connectivity index (χ0n) is 19.5. The number of rotatable bonds is 1. The van der Waals surface area contributed by atoms with Crippen LogP contribution in [0.3, 0.4) is 0 Å². The Kier molecular flexibility index (Phi) is 9.61. The van der Waals surface area contributed by atoms with Gasteiger partial charge >= 0.3 is 0 Å². The first kappa shape index (κ1) is 24.4. The smallest absolute Gasteiger partial charge is 0.228 e. The maximum Gasteiger partial charge on any atom is 0.228 e. The van der Waals surface area contributed by atoms with Gasteiger partial charge in [-0.1, -0.05) is 0 Å². The molecule has 1 aliphatic heterocycles. The molecule has 2 unspecified atom stereocenters. The molecule has 5 fully saturated rings. The molecule has 5 rings (SSSR count). The second kappa shape index (κ2) is 12.6. The van der Waals surface area contributed by atoms with Crippen LogP contribution in [0.1, 0.15) is 32.1 Å². The maximum absolute atomic E-state index is 13.7. The fraction of sp³-hybridized carbons (Fsp3) is 0.958.